The summed E-state index contributed by atoms with van der Waals surface area (Å²) in [4.78, 5) is 29.0. The number of nitrogens with zero attached hydrogens (tertiary/aromatic N) is 1. The molecule has 0 saturated heterocycles. The van der Waals surface area contributed by atoms with Gasteiger partial charge in [-0.15, -0.1) is 0 Å². The zero-order valence-corrected chi connectivity index (χ0v) is 13.3. The molecular weight excluding hydrogens is 278 g/mol. The lowest BCUT2D eigenvalue weighted by atomic mass is 9.90. The van der Waals surface area contributed by atoms with Crippen LogP contribution < -0.4 is 10.6 Å². The molecule has 0 radical (unpaired) electrons. The van der Waals surface area contributed by atoms with Crippen LogP contribution in [0, 0.1) is 5.41 Å². The highest BCUT2D eigenvalue weighted by molar-refractivity contribution is 6.12. The lowest BCUT2D eigenvalue weighted by molar-refractivity contribution is -0.138. The van der Waals surface area contributed by atoms with Gasteiger partial charge in [-0.1, -0.05) is 18.2 Å². The Morgan fingerprint density at radius 2 is 1.77 bits per heavy atom. The highest BCUT2D eigenvalue weighted by Crippen LogP contribution is 2.24. The van der Waals surface area contributed by atoms with Gasteiger partial charge in [0.2, 0.25) is 11.8 Å². The summed E-state index contributed by atoms with van der Waals surface area (Å²) in [5, 5.41) is 6.52. The number of carbonyl (C=O) groups excluding carboxylic acids is 2. The second-order valence-electron chi connectivity index (χ2n) is 6.09. The van der Waals surface area contributed by atoms with E-state index in [0.29, 0.717) is 11.2 Å². The predicted octanol–water partition coefficient (Wildman–Crippen LogP) is 2.72. The summed E-state index contributed by atoms with van der Waals surface area (Å²) >= 11 is 0. The topological polar surface area (TPSA) is 71.1 Å². The van der Waals surface area contributed by atoms with E-state index in [-0.39, 0.29) is 17.9 Å². The van der Waals surface area contributed by atoms with Gasteiger partial charge in [-0.3, -0.25) is 14.6 Å². The number of hydrogen-bond donors (Lipinski definition) is 2. The molecule has 22 heavy (non-hydrogen) atoms. The third kappa shape index (κ3) is 3.24. The number of aromatic nitrogens is 1. The highest BCUT2D eigenvalue weighted by atomic mass is 16.2. The summed E-state index contributed by atoms with van der Waals surface area (Å²) in [6, 6.07) is 9.31. The Bertz CT molecular complexity index is 703. The third-order valence-corrected chi connectivity index (χ3v) is 3.44. The standard InChI is InChI=1S/C17H21N3O2/c1-11(2)19-15(21)17(3,4)16(22)20-13-9-5-7-12-8-6-10-18-14(12)13/h5-11H,1-4H3,(H,19,21)(H,20,22). The first-order valence-corrected chi connectivity index (χ1v) is 7.28. The molecule has 5 heteroatoms. The summed E-state index contributed by atoms with van der Waals surface area (Å²) < 4.78 is 0. The number of amides is 2. The van der Waals surface area contributed by atoms with E-state index >= 15 is 0 Å². The number of nitrogens with one attached hydrogen (secondary N) is 2. The lowest BCUT2D eigenvalue weighted by Crippen LogP contribution is -2.47. The minimum atomic E-state index is -1.17. The van der Waals surface area contributed by atoms with Crippen molar-refractivity contribution in [1.29, 1.82) is 0 Å². The summed E-state index contributed by atoms with van der Waals surface area (Å²) in [6.45, 7) is 6.94. The van der Waals surface area contributed by atoms with Crippen molar-refractivity contribution >= 4 is 28.4 Å². The summed E-state index contributed by atoms with van der Waals surface area (Å²) in [7, 11) is 0. The largest absolute Gasteiger partial charge is 0.353 e. The van der Waals surface area contributed by atoms with Gasteiger partial charge in [-0.05, 0) is 39.8 Å². The maximum atomic E-state index is 12.5. The molecule has 0 saturated carbocycles. The molecule has 116 valence electrons. The molecule has 0 bridgehead atoms. The summed E-state index contributed by atoms with van der Waals surface area (Å²) in [5.74, 6) is -0.656. The van der Waals surface area contributed by atoms with Crippen molar-refractivity contribution in [2.24, 2.45) is 5.41 Å². The third-order valence-electron chi connectivity index (χ3n) is 3.44. The van der Waals surface area contributed by atoms with Crippen LogP contribution in [0.2, 0.25) is 0 Å². The minimum Gasteiger partial charge on any atom is -0.353 e. The van der Waals surface area contributed by atoms with Crippen molar-refractivity contribution in [3.63, 3.8) is 0 Å². The number of anilines is 1. The number of fused-ring (bicyclic) bond motifs is 1. The van der Waals surface area contributed by atoms with Gasteiger partial charge >= 0.3 is 0 Å². The molecule has 0 aliphatic carbocycles. The monoisotopic (exact) mass is 299 g/mol. The Balaban J connectivity index is 2.25. The van der Waals surface area contributed by atoms with Crippen LogP contribution in [0.1, 0.15) is 27.7 Å². The molecule has 2 aromatic rings. The van der Waals surface area contributed by atoms with E-state index in [0.717, 1.165) is 5.39 Å². The van der Waals surface area contributed by atoms with Crippen LogP contribution in [0.15, 0.2) is 36.5 Å². The van der Waals surface area contributed by atoms with E-state index in [1.54, 1.807) is 26.1 Å². The van der Waals surface area contributed by atoms with E-state index in [1.165, 1.54) is 0 Å². The van der Waals surface area contributed by atoms with Crippen LogP contribution in [0.3, 0.4) is 0 Å². The maximum Gasteiger partial charge on any atom is 0.239 e. The van der Waals surface area contributed by atoms with E-state index in [9.17, 15) is 9.59 Å². The normalized spacial score (nSPS) is 11.5. The zero-order chi connectivity index (χ0) is 16.3. The Kier molecular flexibility index (Phi) is 4.45. The fourth-order valence-corrected chi connectivity index (χ4v) is 2.03. The van der Waals surface area contributed by atoms with Crippen molar-refractivity contribution in [3.8, 4) is 0 Å². The highest BCUT2D eigenvalue weighted by Gasteiger charge is 2.36. The minimum absolute atomic E-state index is 0.0150. The number of rotatable bonds is 4. The molecule has 0 unspecified atom stereocenters. The van der Waals surface area contributed by atoms with Crippen LogP contribution in [-0.4, -0.2) is 22.8 Å². The Labute approximate surface area is 130 Å². The van der Waals surface area contributed by atoms with Gasteiger partial charge in [0, 0.05) is 17.6 Å². The SMILES string of the molecule is CC(C)NC(=O)C(C)(C)C(=O)Nc1cccc2cccnc12. The summed E-state index contributed by atoms with van der Waals surface area (Å²) in [5.41, 5.74) is 0.147. The predicted molar refractivity (Wildman–Crippen MR) is 87.4 cm³/mol. The van der Waals surface area contributed by atoms with Gasteiger partial charge in [0.25, 0.3) is 0 Å². The van der Waals surface area contributed by atoms with E-state index in [1.807, 2.05) is 38.1 Å². The average Bonchev–Trinajstić information content (AvgIpc) is 2.46. The lowest BCUT2D eigenvalue weighted by Gasteiger charge is -2.24. The Morgan fingerprint density at radius 3 is 2.45 bits per heavy atom. The van der Waals surface area contributed by atoms with Crippen molar-refractivity contribution in [2.75, 3.05) is 5.32 Å². The molecule has 0 spiro atoms. The maximum absolute atomic E-state index is 12.5. The van der Waals surface area contributed by atoms with Crippen LogP contribution in [0.4, 0.5) is 5.69 Å². The van der Waals surface area contributed by atoms with Crippen LogP contribution >= 0.6 is 0 Å². The van der Waals surface area contributed by atoms with Crippen LogP contribution in [0.5, 0.6) is 0 Å². The molecular formula is C17H21N3O2. The van der Waals surface area contributed by atoms with Crippen molar-refractivity contribution in [2.45, 2.75) is 33.7 Å². The van der Waals surface area contributed by atoms with Gasteiger partial charge in [0.1, 0.15) is 5.41 Å². The Hall–Kier alpha value is -2.43. The number of hydrogen-bond acceptors (Lipinski definition) is 3. The fourth-order valence-electron chi connectivity index (χ4n) is 2.03. The molecule has 2 amide bonds. The fraction of sp³-hybridized carbons (Fsp3) is 0.353. The molecule has 2 N–H and O–H groups in total. The number of pyridine rings is 1. The molecule has 0 fully saturated rings. The molecule has 5 nitrogen and oxygen atoms in total. The van der Waals surface area contributed by atoms with Crippen molar-refractivity contribution < 1.29 is 9.59 Å². The molecule has 0 atom stereocenters. The van der Waals surface area contributed by atoms with Gasteiger partial charge in [-0.2, -0.15) is 0 Å². The second-order valence-corrected chi connectivity index (χ2v) is 6.09. The Morgan fingerprint density at radius 1 is 1.09 bits per heavy atom. The van der Waals surface area contributed by atoms with Crippen molar-refractivity contribution in [3.05, 3.63) is 36.5 Å². The molecule has 1 aromatic carbocycles. The first kappa shape index (κ1) is 15.9. The van der Waals surface area contributed by atoms with Gasteiger partial charge in [-0.25, -0.2) is 0 Å². The second kappa shape index (κ2) is 6.13. The number of carbonyl (C=O) groups is 2. The number of benzene rings is 1. The van der Waals surface area contributed by atoms with Gasteiger partial charge in [0.15, 0.2) is 0 Å². The molecule has 1 heterocycles. The van der Waals surface area contributed by atoms with Crippen LogP contribution in [0.25, 0.3) is 10.9 Å². The van der Waals surface area contributed by atoms with E-state index in [2.05, 4.69) is 15.6 Å². The first-order chi connectivity index (χ1) is 10.3. The quantitative estimate of drug-likeness (QED) is 0.853. The molecule has 1 aromatic heterocycles. The zero-order valence-electron chi connectivity index (χ0n) is 13.3. The van der Waals surface area contributed by atoms with Gasteiger partial charge < -0.3 is 10.6 Å². The van der Waals surface area contributed by atoms with Crippen molar-refractivity contribution in [1.82, 2.24) is 10.3 Å². The smallest absolute Gasteiger partial charge is 0.239 e. The first-order valence-electron chi connectivity index (χ1n) is 7.28. The number of para-hydroxylation sites is 1. The molecule has 0 aliphatic rings. The van der Waals surface area contributed by atoms with E-state index in [4.69, 9.17) is 0 Å². The van der Waals surface area contributed by atoms with Crippen LogP contribution in [-0.2, 0) is 9.59 Å². The van der Waals surface area contributed by atoms with Gasteiger partial charge in [0.05, 0.1) is 11.2 Å². The average molecular weight is 299 g/mol. The van der Waals surface area contributed by atoms with E-state index < -0.39 is 5.41 Å². The summed E-state index contributed by atoms with van der Waals surface area (Å²) in [6.07, 6.45) is 1.68. The molecule has 0 aliphatic heterocycles. The molecule has 2 rings (SSSR count).